The van der Waals surface area contributed by atoms with Gasteiger partial charge in [0, 0.05) is 11.9 Å². The minimum atomic E-state index is -0.623. The van der Waals surface area contributed by atoms with E-state index in [1.807, 2.05) is 0 Å². The van der Waals surface area contributed by atoms with Gasteiger partial charge in [-0.05, 0) is 46.3 Å². The molecule has 1 amide bonds. The molecule has 92 valence electrons. The lowest BCUT2D eigenvalue weighted by Gasteiger charge is -2.07. The number of nitrogens with one attached hydrogen (secondary N) is 1. The lowest BCUT2D eigenvalue weighted by atomic mass is 10.1. The highest BCUT2D eigenvalue weighted by atomic mass is 79.9. The molecule has 0 atom stereocenters. The molecule has 18 heavy (non-hydrogen) atoms. The summed E-state index contributed by atoms with van der Waals surface area (Å²) in [5.41, 5.74) is 6.20. The first kappa shape index (κ1) is 12.5. The number of nitrogens with two attached hydrogens (primary N) is 1. The third-order valence-corrected chi connectivity index (χ3v) is 2.87. The second kappa shape index (κ2) is 5.14. The zero-order valence-electron chi connectivity index (χ0n) is 9.15. The van der Waals surface area contributed by atoms with E-state index in [2.05, 4.69) is 26.2 Å². The molecular weight excluding hydrogens is 301 g/mol. The summed E-state index contributed by atoms with van der Waals surface area (Å²) >= 11 is 3.19. The summed E-state index contributed by atoms with van der Waals surface area (Å²) in [4.78, 5) is 15.8. The van der Waals surface area contributed by atoms with Gasteiger partial charge in [-0.15, -0.1) is 0 Å². The van der Waals surface area contributed by atoms with Crippen LogP contribution in [0.4, 0.5) is 15.8 Å². The Hall–Kier alpha value is -1.95. The van der Waals surface area contributed by atoms with Gasteiger partial charge in [-0.2, -0.15) is 0 Å². The predicted molar refractivity (Wildman–Crippen MR) is 70.7 cm³/mol. The van der Waals surface area contributed by atoms with Gasteiger partial charge in [0.25, 0.3) is 5.91 Å². The summed E-state index contributed by atoms with van der Waals surface area (Å²) in [5.74, 6) is -1.20. The van der Waals surface area contributed by atoms with E-state index < -0.39 is 11.7 Å². The van der Waals surface area contributed by atoms with E-state index in [9.17, 15) is 9.18 Å². The number of carbonyl (C=O) groups excluding carboxylic acids is 1. The minimum absolute atomic E-state index is 0.106. The van der Waals surface area contributed by atoms with E-state index in [4.69, 9.17) is 5.73 Å². The number of rotatable bonds is 2. The summed E-state index contributed by atoms with van der Waals surface area (Å²) < 4.78 is 14.0. The van der Waals surface area contributed by atoms with Gasteiger partial charge in [-0.1, -0.05) is 0 Å². The molecule has 0 bridgehead atoms. The Labute approximate surface area is 111 Å². The molecule has 0 aliphatic rings. The van der Waals surface area contributed by atoms with Crippen molar-refractivity contribution in [3.8, 4) is 0 Å². The number of aromatic nitrogens is 1. The van der Waals surface area contributed by atoms with Gasteiger partial charge in [0.15, 0.2) is 0 Å². The average Bonchev–Trinajstić information content (AvgIpc) is 2.35. The van der Waals surface area contributed by atoms with Gasteiger partial charge in [-0.25, -0.2) is 9.37 Å². The summed E-state index contributed by atoms with van der Waals surface area (Å²) in [5, 5.41) is 2.55. The first-order valence-electron chi connectivity index (χ1n) is 5.05. The SMILES string of the molecule is Nc1ccc(F)c(C(=O)Nc2cccnc2Br)c1. The Morgan fingerprint density at radius 2 is 2.17 bits per heavy atom. The highest BCUT2D eigenvalue weighted by Gasteiger charge is 2.13. The van der Waals surface area contributed by atoms with Crippen LogP contribution in [0.5, 0.6) is 0 Å². The molecule has 0 aliphatic heterocycles. The fourth-order valence-corrected chi connectivity index (χ4v) is 1.74. The molecule has 1 aromatic heterocycles. The number of nitrogen functional groups attached to an aromatic ring is 1. The van der Waals surface area contributed by atoms with Gasteiger partial charge < -0.3 is 11.1 Å². The summed E-state index contributed by atoms with van der Waals surface area (Å²) in [7, 11) is 0. The van der Waals surface area contributed by atoms with Gasteiger partial charge in [0.1, 0.15) is 10.4 Å². The fourth-order valence-electron chi connectivity index (χ4n) is 1.39. The number of benzene rings is 1. The number of carbonyl (C=O) groups is 1. The van der Waals surface area contributed by atoms with Crippen molar-refractivity contribution in [2.75, 3.05) is 11.1 Å². The number of amides is 1. The first-order valence-corrected chi connectivity index (χ1v) is 5.84. The van der Waals surface area contributed by atoms with Crippen LogP contribution in [-0.4, -0.2) is 10.9 Å². The van der Waals surface area contributed by atoms with Crippen LogP contribution < -0.4 is 11.1 Å². The Morgan fingerprint density at radius 1 is 1.39 bits per heavy atom. The van der Waals surface area contributed by atoms with E-state index in [-0.39, 0.29) is 5.56 Å². The quantitative estimate of drug-likeness (QED) is 0.662. The van der Waals surface area contributed by atoms with Crippen LogP contribution in [0.25, 0.3) is 0 Å². The number of pyridine rings is 1. The molecule has 0 saturated heterocycles. The molecule has 6 heteroatoms. The number of hydrogen-bond donors (Lipinski definition) is 2. The molecule has 1 aromatic carbocycles. The largest absolute Gasteiger partial charge is 0.399 e. The van der Waals surface area contributed by atoms with Gasteiger partial charge >= 0.3 is 0 Å². The predicted octanol–water partition coefficient (Wildman–Crippen LogP) is 2.82. The molecule has 0 saturated carbocycles. The third kappa shape index (κ3) is 2.65. The van der Waals surface area contributed by atoms with Crippen LogP contribution in [0, 0.1) is 5.82 Å². The smallest absolute Gasteiger partial charge is 0.258 e. The van der Waals surface area contributed by atoms with E-state index >= 15 is 0 Å². The van der Waals surface area contributed by atoms with Crippen LogP contribution >= 0.6 is 15.9 Å². The molecular formula is C12H9BrFN3O. The summed E-state index contributed by atoms with van der Waals surface area (Å²) in [6.45, 7) is 0. The highest BCUT2D eigenvalue weighted by Crippen LogP contribution is 2.20. The van der Waals surface area contributed by atoms with Crippen molar-refractivity contribution in [3.05, 3.63) is 52.5 Å². The number of hydrogen-bond acceptors (Lipinski definition) is 3. The molecule has 1 heterocycles. The average molecular weight is 310 g/mol. The van der Waals surface area contributed by atoms with Gasteiger partial charge in [0.05, 0.1) is 11.3 Å². The Kier molecular flexibility index (Phi) is 3.57. The van der Waals surface area contributed by atoms with Crippen molar-refractivity contribution in [3.63, 3.8) is 0 Å². The first-order chi connectivity index (χ1) is 8.58. The van der Waals surface area contributed by atoms with Gasteiger partial charge in [0.2, 0.25) is 0 Å². The highest BCUT2D eigenvalue weighted by molar-refractivity contribution is 9.10. The lowest BCUT2D eigenvalue weighted by Crippen LogP contribution is -2.14. The maximum absolute atomic E-state index is 13.5. The maximum Gasteiger partial charge on any atom is 0.258 e. The van der Waals surface area contributed by atoms with E-state index in [1.54, 1.807) is 18.3 Å². The number of anilines is 2. The van der Waals surface area contributed by atoms with Crippen molar-refractivity contribution in [1.29, 1.82) is 0 Å². The third-order valence-electron chi connectivity index (χ3n) is 2.24. The molecule has 0 spiro atoms. The zero-order chi connectivity index (χ0) is 13.1. The molecule has 3 N–H and O–H groups in total. The standard InChI is InChI=1S/C12H9BrFN3O/c13-11-10(2-1-5-16-11)17-12(18)8-6-7(15)3-4-9(8)14/h1-6H,15H2,(H,17,18). The monoisotopic (exact) mass is 309 g/mol. The van der Waals surface area contributed by atoms with E-state index in [0.29, 0.717) is 16.0 Å². The molecule has 2 aromatic rings. The number of halogens is 2. The van der Waals surface area contributed by atoms with Crippen LogP contribution in [0.15, 0.2) is 41.1 Å². The van der Waals surface area contributed by atoms with E-state index in [1.165, 1.54) is 12.1 Å². The Balaban J connectivity index is 2.28. The lowest BCUT2D eigenvalue weighted by molar-refractivity contribution is 0.102. The molecule has 0 unspecified atom stereocenters. The Morgan fingerprint density at radius 3 is 2.89 bits per heavy atom. The second-order valence-corrected chi connectivity index (χ2v) is 4.29. The summed E-state index contributed by atoms with van der Waals surface area (Å²) in [6.07, 6.45) is 1.57. The minimum Gasteiger partial charge on any atom is -0.399 e. The van der Waals surface area contributed by atoms with Crippen molar-refractivity contribution in [1.82, 2.24) is 4.98 Å². The normalized spacial score (nSPS) is 10.1. The van der Waals surface area contributed by atoms with Crippen molar-refractivity contribution >= 4 is 33.2 Å². The van der Waals surface area contributed by atoms with Crippen LogP contribution in [0.1, 0.15) is 10.4 Å². The number of nitrogens with zero attached hydrogens (tertiary/aromatic N) is 1. The van der Waals surface area contributed by atoms with Crippen LogP contribution in [0.3, 0.4) is 0 Å². The molecule has 0 aliphatic carbocycles. The van der Waals surface area contributed by atoms with E-state index in [0.717, 1.165) is 6.07 Å². The maximum atomic E-state index is 13.5. The fraction of sp³-hybridized carbons (Fsp3) is 0. The molecule has 2 rings (SSSR count). The topological polar surface area (TPSA) is 68.0 Å². The van der Waals surface area contributed by atoms with Gasteiger partial charge in [-0.3, -0.25) is 4.79 Å². The zero-order valence-corrected chi connectivity index (χ0v) is 10.7. The van der Waals surface area contributed by atoms with Crippen LogP contribution in [-0.2, 0) is 0 Å². The summed E-state index contributed by atoms with van der Waals surface area (Å²) in [6, 6.07) is 7.15. The van der Waals surface area contributed by atoms with Crippen molar-refractivity contribution < 1.29 is 9.18 Å². The van der Waals surface area contributed by atoms with Crippen molar-refractivity contribution in [2.24, 2.45) is 0 Å². The second-order valence-electron chi connectivity index (χ2n) is 3.54. The molecule has 0 fully saturated rings. The Bertz CT molecular complexity index is 604. The molecule has 0 radical (unpaired) electrons. The van der Waals surface area contributed by atoms with Crippen LogP contribution in [0.2, 0.25) is 0 Å². The van der Waals surface area contributed by atoms with Crippen molar-refractivity contribution in [2.45, 2.75) is 0 Å². The molecule has 4 nitrogen and oxygen atoms in total.